The molecule has 3 heterocycles. The molecule has 6 N–H and O–H groups in total. The number of carbonyl (C=O) groups excluding carboxylic acids is 4. The third kappa shape index (κ3) is 19.8. The number of anilines is 3. The number of amides is 4. The van der Waals surface area contributed by atoms with Crippen LogP contribution in [0.1, 0.15) is 76.0 Å². The number of nitrogens with one attached hydrogen (secondary N) is 3. The number of nitrogens with two attached hydrogens (primary N) is 1. The van der Waals surface area contributed by atoms with Crippen molar-refractivity contribution in [1.29, 1.82) is 0 Å². The Hall–Kier alpha value is -10.5. The first-order valence-corrected chi connectivity index (χ1v) is 31.9. The van der Waals surface area contributed by atoms with Gasteiger partial charge in [-0.25, -0.2) is 22.8 Å². The molecule has 496 valence electrons. The molecule has 3 fully saturated rings. The Labute approximate surface area is 559 Å². The summed E-state index contributed by atoms with van der Waals surface area (Å²) in [6.07, 6.45) is -0.982. The molecule has 0 saturated carbocycles. The number of carboxylic acid groups (broad SMARTS) is 1. The van der Waals surface area contributed by atoms with E-state index >= 15 is 0 Å². The predicted octanol–water partition coefficient (Wildman–Crippen LogP) is 16.3. The fraction of sp³-hybridized carbons (Fsp3) is 0.253. The van der Waals surface area contributed by atoms with E-state index in [-0.39, 0.29) is 72.6 Å². The molecule has 12 rings (SSSR count). The first-order valence-electron chi connectivity index (χ1n) is 31.9. The molecule has 0 aromatic heterocycles. The lowest BCUT2D eigenvalue weighted by Crippen LogP contribution is -2.36. The van der Waals surface area contributed by atoms with Crippen molar-refractivity contribution in [3.8, 4) is 33.4 Å². The quantitative estimate of drug-likeness (QED) is 0.0779. The Morgan fingerprint density at radius 3 is 1.15 bits per heavy atom. The lowest BCUT2D eigenvalue weighted by atomic mass is 9.88. The van der Waals surface area contributed by atoms with Crippen LogP contribution >= 0.6 is 0 Å². The molecule has 96 heavy (non-hydrogen) atoms. The Balaban J connectivity index is 0.000000157. The standard InChI is InChI=1S/C28H29FN2O3.C23H21FN2O.C16H20FNO4.C12H11N/c1-28(2,3)34-27(33)31-17-24(20-12-14-22(29)15-13-20)25(18-31)26(32)30-23-11-7-10-21(16-23)19-8-5-4-6-9-19;24-19-11-9-17(10-12-19)21-14-25-15-22(21)23(27)26-20-8-4-7-18(13-20)16-5-2-1-3-6-16;1-16(2,3)22-15(21)18-8-12(13(9-18)14(19)20)10-4-6-11(17)7-5-10;13-12-8-4-7-11(9-12)10-5-2-1-3-6-10/h4-16,24-25H,17-18H2,1-3H3,(H,30,32);1-13,21-22,25H,14-15H2,(H,26,27);4-7,12-13H,8-9H2,1-3H3,(H,19,20);1-9H,13H2/t24-,25+;21-,22+;12-,13+;/m000./s1. The summed E-state index contributed by atoms with van der Waals surface area (Å²) in [5.41, 5.74) is 15.8. The van der Waals surface area contributed by atoms with Crippen molar-refractivity contribution < 1.29 is 51.7 Å². The van der Waals surface area contributed by atoms with Crippen LogP contribution in [0, 0.1) is 35.2 Å². The molecule has 0 aliphatic carbocycles. The highest BCUT2D eigenvalue weighted by atomic mass is 19.1. The van der Waals surface area contributed by atoms with Crippen molar-refractivity contribution in [3.05, 3.63) is 271 Å². The molecular weight excluding hydrogens is 1220 g/mol. The van der Waals surface area contributed by atoms with Crippen LogP contribution in [0.3, 0.4) is 0 Å². The van der Waals surface area contributed by atoms with Crippen molar-refractivity contribution in [2.75, 3.05) is 55.6 Å². The smallest absolute Gasteiger partial charge is 0.410 e. The molecular formula is C79H81F3N6O8. The first kappa shape index (κ1) is 69.8. The van der Waals surface area contributed by atoms with Crippen molar-refractivity contribution in [1.82, 2.24) is 15.1 Å². The number of likely N-dealkylation sites (tertiary alicyclic amines) is 2. The molecule has 17 heteroatoms. The Morgan fingerprint density at radius 2 is 0.760 bits per heavy atom. The zero-order valence-electron chi connectivity index (χ0n) is 54.6. The van der Waals surface area contributed by atoms with E-state index in [4.69, 9.17) is 15.2 Å². The second kappa shape index (κ2) is 32.1. The van der Waals surface area contributed by atoms with Crippen molar-refractivity contribution in [3.63, 3.8) is 0 Å². The van der Waals surface area contributed by atoms with Gasteiger partial charge in [-0.1, -0.05) is 164 Å². The highest BCUT2D eigenvalue weighted by molar-refractivity contribution is 5.95. The van der Waals surface area contributed by atoms with Crippen LogP contribution in [-0.4, -0.2) is 95.3 Å². The van der Waals surface area contributed by atoms with E-state index in [0.717, 1.165) is 44.8 Å². The van der Waals surface area contributed by atoms with Gasteiger partial charge in [-0.2, -0.15) is 0 Å². The van der Waals surface area contributed by atoms with E-state index in [0.29, 0.717) is 30.9 Å². The Kier molecular flexibility index (Phi) is 23.3. The number of hydrogen-bond acceptors (Lipinski definition) is 9. The Bertz CT molecular complexity index is 4060. The number of halogens is 3. The number of rotatable bonds is 11. The van der Waals surface area contributed by atoms with Gasteiger partial charge in [-0.3, -0.25) is 14.4 Å². The normalized spacial score (nSPS) is 18.0. The summed E-state index contributed by atoms with van der Waals surface area (Å²) in [6.45, 7) is 12.9. The van der Waals surface area contributed by atoms with Crippen molar-refractivity contribution in [2.45, 2.75) is 70.5 Å². The summed E-state index contributed by atoms with van der Waals surface area (Å²) in [5.74, 6) is -4.16. The lowest BCUT2D eigenvalue weighted by molar-refractivity contribution is -0.141. The van der Waals surface area contributed by atoms with Crippen LogP contribution < -0.4 is 21.7 Å². The van der Waals surface area contributed by atoms with Gasteiger partial charge in [0, 0.05) is 74.1 Å². The van der Waals surface area contributed by atoms with E-state index < -0.39 is 41.2 Å². The minimum atomic E-state index is -0.972. The van der Waals surface area contributed by atoms with Gasteiger partial charge in [0.1, 0.15) is 28.7 Å². The molecule has 3 saturated heterocycles. The van der Waals surface area contributed by atoms with Gasteiger partial charge in [0.05, 0.1) is 17.8 Å². The van der Waals surface area contributed by atoms with Crippen molar-refractivity contribution >= 4 is 47.0 Å². The fourth-order valence-corrected chi connectivity index (χ4v) is 11.8. The minimum absolute atomic E-state index is 0.0143. The maximum absolute atomic E-state index is 13.5. The number of ether oxygens (including phenoxy) is 2. The second-order valence-electron chi connectivity index (χ2n) is 25.9. The van der Waals surface area contributed by atoms with Gasteiger partial charge >= 0.3 is 18.2 Å². The molecule has 9 aromatic carbocycles. The zero-order chi connectivity index (χ0) is 68.5. The number of carbonyl (C=O) groups is 5. The number of carboxylic acids is 1. The van der Waals surface area contributed by atoms with E-state index in [1.807, 2.05) is 166 Å². The number of nitrogens with zero attached hydrogens (tertiary/aromatic N) is 2. The Morgan fingerprint density at radius 1 is 0.417 bits per heavy atom. The fourth-order valence-electron chi connectivity index (χ4n) is 11.8. The van der Waals surface area contributed by atoms with Gasteiger partial charge in [0.15, 0.2) is 0 Å². The third-order valence-electron chi connectivity index (χ3n) is 16.5. The monoisotopic (exact) mass is 1300 g/mol. The van der Waals surface area contributed by atoms with Crippen LogP contribution in [0.2, 0.25) is 0 Å². The van der Waals surface area contributed by atoms with Gasteiger partial charge in [0.2, 0.25) is 11.8 Å². The van der Waals surface area contributed by atoms with E-state index in [9.17, 15) is 42.3 Å². The molecule has 0 spiro atoms. The number of nitrogen functional groups attached to an aromatic ring is 1. The molecule has 3 aliphatic heterocycles. The molecule has 6 atom stereocenters. The van der Waals surface area contributed by atoms with Crippen molar-refractivity contribution in [2.24, 2.45) is 17.8 Å². The number of hydrogen-bond donors (Lipinski definition) is 5. The summed E-state index contributed by atoms with van der Waals surface area (Å²) in [6, 6.07) is 71.9. The highest BCUT2D eigenvalue weighted by Gasteiger charge is 2.43. The average Bonchev–Trinajstić information content (AvgIpc) is 1.73. The average molecular weight is 1300 g/mol. The zero-order valence-corrected chi connectivity index (χ0v) is 54.6. The van der Waals surface area contributed by atoms with Crippen LogP contribution in [-0.2, 0) is 23.9 Å². The topological polar surface area (TPSA) is 193 Å². The van der Waals surface area contributed by atoms with E-state index in [2.05, 4.69) is 34.1 Å². The number of aliphatic carboxylic acids is 1. The van der Waals surface area contributed by atoms with E-state index in [1.54, 1.807) is 62.1 Å². The molecule has 0 unspecified atom stereocenters. The third-order valence-corrected chi connectivity index (χ3v) is 16.5. The SMILES string of the molecule is CC(C)(C)OC(=O)N1C[C@@H](C(=O)Nc2cccc(-c3ccccc3)c2)[C@H](c2ccc(F)cc2)C1.CC(C)(C)OC(=O)N1C[C@@H](C(=O)O)[C@H](c2ccc(F)cc2)C1.Nc1cccc(-c2ccccc2)c1.O=C(Nc1cccc(-c2ccccc2)c1)[C@@H]1CNC[C@H]1c1ccc(F)cc1. The summed E-state index contributed by atoms with van der Waals surface area (Å²) in [5, 5.41) is 18.7. The van der Waals surface area contributed by atoms with Gasteiger partial charge < -0.3 is 46.1 Å². The van der Waals surface area contributed by atoms with Gasteiger partial charge in [0.25, 0.3) is 0 Å². The van der Waals surface area contributed by atoms with Crippen LogP contribution in [0.5, 0.6) is 0 Å². The molecule has 9 aromatic rings. The molecule has 0 bridgehead atoms. The largest absolute Gasteiger partial charge is 0.481 e. The molecule has 4 amide bonds. The predicted molar refractivity (Wildman–Crippen MR) is 371 cm³/mol. The summed E-state index contributed by atoms with van der Waals surface area (Å²) < 4.78 is 50.6. The van der Waals surface area contributed by atoms with Crippen LogP contribution in [0.15, 0.2) is 237 Å². The second-order valence-corrected chi connectivity index (χ2v) is 25.9. The minimum Gasteiger partial charge on any atom is -0.481 e. The molecule has 3 aliphatic rings. The maximum atomic E-state index is 13.5. The highest BCUT2D eigenvalue weighted by Crippen LogP contribution is 2.37. The number of benzene rings is 9. The summed E-state index contributed by atoms with van der Waals surface area (Å²) >= 11 is 0. The lowest BCUT2D eigenvalue weighted by Gasteiger charge is -2.24. The molecule has 0 radical (unpaired) electrons. The van der Waals surface area contributed by atoms with Crippen LogP contribution in [0.25, 0.3) is 33.4 Å². The summed E-state index contributed by atoms with van der Waals surface area (Å²) in [4.78, 5) is 65.5. The summed E-state index contributed by atoms with van der Waals surface area (Å²) in [7, 11) is 0. The first-order chi connectivity index (χ1) is 45.9. The van der Waals surface area contributed by atoms with Gasteiger partial charge in [-0.05, 0) is 164 Å². The molecule has 14 nitrogen and oxygen atoms in total. The van der Waals surface area contributed by atoms with Gasteiger partial charge in [-0.15, -0.1) is 0 Å². The maximum Gasteiger partial charge on any atom is 0.410 e. The van der Waals surface area contributed by atoms with E-state index in [1.165, 1.54) is 52.4 Å². The van der Waals surface area contributed by atoms with Crippen LogP contribution in [0.4, 0.5) is 39.8 Å².